The van der Waals surface area contributed by atoms with Crippen LogP contribution in [0.5, 0.6) is 0 Å². The van der Waals surface area contributed by atoms with Crippen LogP contribution in [-0.2, 0) is 11.3 Å². The smallest absolute Gasteiger partial charge is 0.256 e. The van der Waals surface area contributed by atoms with Gasteiger partial charge in [0.05, 0.1) is 11.4 Å². The molecule has 0 radical (unpaired) electrons. The van der Waals surface area contributed by atoms with Crippen LogP contribution in [0.4, 0.5) is 5.69 Å². The van der Waals surface area contributed by atoms with Crippen LogP contribution in [0.15, 0.2) is 18.2 Å². The minimum absolute atomic E-state index is 0.102. The molecule has 108 valence electrons. The number of halogens is 1. The van der Waals surface area contributed by atoms with Crippen molar-refractivity contribution in [3.8, 4) is 0 Å². The molecule has 1 amide bonds. The van der Waals surface area contributed by atoms with Gasteiger partial charge in [0.1, 0.15) is 0 Å². The number of benzene rings is 1. The Hall–Kier alpha value is -2.07. The third-order valence-corrected chi connectivity index (χ3v) is 4.03. The number of carbonyl (C=O) groups is 1. The largest absolute Gasteiger partial charge is 0.321 e. The second kappa shape index (κ2) is 5.04. The summed E-state index contributed by atoms with van der Waals surface area (Å²) in [6.45, 7) is 6.84. The number of hydrogen-bond acceptors (Lipinski definition) is 2. The highest BCUT2D eigenvalue weighted by atomic mass is 35.5. The molecular weight excluding hydrogens is 286 g/mol. The molecule has 0 bridgehead atoms. The number of carbonyl (C=O) groups excluding carboxylic acids is 1. The van der Waals surface area contributed by atoms with E-state index in [0.717, 1.165) is 34.7 Å². The van der Waals surface area contributed by atoms with Crippen LogP contribution in [0.1, 0.15) is 29.4 Å². The fourth-order valence-corrected chi connectivity index (χ4v) is 2.85. The SMILES string of the molecule is CCn1nc(C)c(/C=C2\C(=O)Nc3cc(Cl)ccc32)c1C. The van der Waals surface area contributed by atoms with Gasteiger partial charge in [-0.15, -0.1) is 0 Å². The zero-order chi connectivity index (χ0) is 15.1. The van der Waals surface area contributed by atoms with Gasteiger partial charge in [0.2, 0.25) is 0 Å². The van der Waals surface area contributed by atoms with E-state index in [4.69, 9.17) is 11.6 Å². The summed E-state index contributed by atoms with van der Waals surface area (Å²) in [5.74, 6) is -0.102. The van der Waals surface area contributed by atoms with E-state index in [9.17, 15) is 4.79 Å². The Morgan fingerprint density at radius 2 is 2.14 bits per heavy atom. The Morgan fingerprint density at radius 3 is 2.81 bits per heavy atom. The molecule has 0 unspecified atom stereocenters. The van der Waals surface area contributed by atoms with E-state index in [1.54, 1.807) is 12.1 Å². The van der Waals surface area contributed by atoms with Crippen molar-refractivity contribution in [1.29, 1.82) is 0 Å². The fourth-order valence-electron chi connectivity index (χ4n) is 2.68. The van der Waals surface area contributed by atoms with Gasteiger partial charge in [-0.3, -0.25) is 9.48 Å². The van der Waals surface area contributed by atoms with Crippen LogP contribution >= 0.6 is 11.6 Å². The van der Waals surface area contributed by atoms with Crippen molar-refractivity contribution in [1.82, 2.24) is 9.78 Å². The molecule has 2 aromatic rings. The zero-order valence-electron chi connectivity index (χ0n) is 12.2. The van der Waals surface area contributed by atoms with Crippen molar-refractivity contribution < 1.29 is 4.79 Å². The third-order valence-electron chi connectivity index (χ3n) is 3.79. The molecule has 1 aliphatic heterocycles. The first-order chi connectivity index (χ1) is 10.0. The van der Waals surface area contributed by atoms with Gasteiger partial charge in [0.25, 0.3) is 5.91 Å². The summed E-state index contributed by atoms with van der Waals surface area (Å²) < 4.78 is 1.94. The van der Waals surface area contributed by atoms with Gasteiger partial charge in [-0.2, -0.15) is 5.10 Å². The molecule has 0 saturated heterocycles. The van der Waals surface area contributed by atoms with Gasteiger partial charge in [-0.05, 0) is 39.0 Å². The maximum atomic E-state index is 12.2. The van der Waals surface area contributed by atoms with E-state index in [1.165, 1.54) is 0 Å². The number of fused-ring (bicyclic) bond motifs is 1. The topological polar surface area (TPSA) is 46.9 Å². The standard InChI is InChI=1S/C16H16ClN3O/c1-4-20-10(3)13(9(2)19-20)8-14-12-6-5-11(17)7-15(12)18-16(14)21/h5-8H,4H2,1-3H3,(H,18,21)/b14-8-. The number of aromatic nitrogens is 2. The summed E-state index contributed by atoms with van der Waals surface area (Å²) >= 11 is 5.97. The van der Waals surface area contributed by atoms with Crippen molar-refractivity contribution in [2.24, 2.45) is 0 Å². The van der Waals surface area contributed by atoms with Crippen molar-refractivity contribution in [2.45, 2.75) is 27.3 Å². The Bertz CT molecular complexity index is 774. The minimum Gasteiger partial charge on any atom is -0.321 e. The van der Waals surface area contributed by atoms with Gasteiger partial charge in [0, 0.05) is 34.0 Å². The van der Waals surface area contributed by atoms with Gasteiger partial charge in [-0.1, -0.05) is 17.7 Å². The monoisotopic (exact) mass is 301 g/mol. The molecule has 3 rings (SSSR count). The zero-order valence-corrected chi connectivity index (χ0v) is 13.0. The van der Waals surface area contributed by atoms with Gasteiger partial charge in [-0.25, -0.2) is 0 Å². The number of nitrogens with zero attached hydrogens (tertiary/aromatic N) is 2. The number of hydrogen-bond donors (Lipinski definition) is 1. The first-order valence-corrected chi connectivity index (χ1v) is 7.26. The number of anilines is 1. The van der Waals surface area contributed by atoms with E-state index in [1.807, 2.05) is 30.7 Å². The Morgan fingerprint density at radius 1 is 1.38 bits per heavy atom. The van der Waals surface area contributed by atoms with Crippen LogP contribution < -0.4 is 5.32 Å². The summed E-state index contributed by atoms with van der Waals surface area (Å²) in [6.07, 6.45) is 1.92. The van der Waals surface area contributed by atoms with E-state index in [0.29, 0.717) is 10.6 Å². The van der Waals surface area contributed by atoms with Crippen LogP contribution in [0, 0.1) is 13.8 Å². The maximum Gasteiger partial charge on any atom is 0.256 e. The minimum atomic E-state index is -0.102. The molecule has 2 heterocycles. The van der Waals surface area contributed by atoms with Crippen LogP contribution in [0.3, 0.4) is 0 Å². The molecule has 1 aliphatic rings. The molecule has 0 atom stereocenters. The van der Waals surface area contributed by atoms with Gasteiger partial charge >= 0.3 is 0 Å². The summed E-state index contributed by atoms with van der Waals surface area (Å²) in [5.41, 5.74) is 5.30. The first kappa shape index (κ1) is 13.9. The van der Waals surface area contributed by atoms with Crippen LogP contribution in [-0.4, -0.2) is 15.7 Å². The van der Waals surface area contributed by atoms with Crippen LogP contribution in [0.25, 0.3) is 11.6 Å². The fraction of sp³-hybridized carbons (Fsp3) is 0.250. The van der Waals surface area contributed by atoms with Crippen molar-refractivity contribution in [3.05, 3.63) is 45.7 Å². The van der Waals surface area contributed by atoms with E-state index in [2.05, 4.69) is 17.3 Å². The number of amides is 1. The van der Waals surface area contributed by atoms with E-state index >= 15 is 0 Å². The summed E-state index contributed by atoms with van der Waals surface area (Å²) in [7, 11) is 0. The molecule has 4 nitrogen and oxygen atoms in total. The number of nitrogens with one attached hydrogen (secondary N) is 1. The molecule has 1 aromatic heterocycles. The number of aryl methyl sites for hydroxylation is 2. The van der Waals surface area contributed by atoms with Crippen molar-refractivity contribution in [2.75, 3.05) is 5.32 Å². The van der Waals surface area contributed by atoms with Gasteiger partial charge in [0.15, 0.2) is 0 Å². The molecule has 1 N–H and O–H groups in total. The lowest BCUT2D eigenvalue weighted by Gasteiger charge is -2.01. The lowest BCUT2D eigenvalue weighted by atomic mass is 10.0. The highest BCUT2D eigenvalue weighted by Crippen LogP contribution is 2.35. The molecular formula is C16H16ClN3O. The van der Waals surface area contributed by atoms with E-state index in [-0.39, 0.29) is 5.91 Å². The Kier molecular flexibility index (Phi) is 3.33. The average molecular weight is 302 g/mol. The summed E-state index contributed by atoms with van der Waals surface area (Å²) in [5, 5.41) is 7.95. The first-order valence-electron chi connectivity index (χ1n) is 6.88. The van der Waals surface area contributed by atoms with Crippen molar-refractivity contribution in [3.63, 3.8) is 0 Å². The molecule has 0 saturated carbocycles. The average Bonchev–Trinajstić information content (AvgIpc) is 2.89. The lowest BCUT2D eigenvalue weighted by Crippen LogP contribution is -2.03. The summed E-state index contributed by atoms with van der Waals surface area (Å²) in [6, 6.07) is 5.44. The molecule has 5 heteroatoms. The maximum absolute atomic E-state index is 12.2. The molecule has 21 heavy (non-hydrogen) atoms. The molecule has 0 aliphatic carbocycles. The molecule has 1 aromatic carbocycles. The van der Waals surface area contributed by atoms with Crippen LogP contribution in [0.2, 0.25) is 5.02 Å². The molecule has 0 spiro atoms. The predicted octanol–water partition coefficient (Wildman–Crippen LogP) is 3.67. The van der Waals surface area contributed by atoms with Gasteiger partial charge < -0.3 is 5.32 Å². The quantitative estimate of drug-likeness (QED) is 0.860. The Balaban J connectivity index is 2.13. The summed E-state index contributed by atoms with van der Waals surface area (Å²) in [4.78, 5) is 12.2. The second-order valence-corrected chi connectivity index (χ2v) is 5.54. The second-order valence-electron chi connectivity index (χ2n) is 5.10. The predicted molar refractivity (Wildman–Crippen MR) is 85.3 cm³/mol. The highest BCUT2D eigenvalue weighted by molar-refractivity contribution is 6.36. The number of rotatable bonds is 2. The Labute approximate surface area is 128 Å². The highest BCUT2D eigenvalue weighted by Gasteiger charge is 2.25. The molecule has 0 fully saturated rings. The normalized spacial score (nSPS) is 15.4. The van der Waals surface area contributed by atoms with Crippen molar-refractivity contribution >= 4 is 34.8 Å². The lowest BCUT2D eigenvalue weighted by molar-refractivity contribution is -0.110. The third kappa shape index (κ3) is 2.25. The van der Waals surface area contributed by atoms with E-state index < -0.39 is 0 Å².